The molecule has 0 spiro atoms. The van der Waals surface area contributed by atoms with E-state index in [9.17, 15) is 4.79 Å². The summed E-state index contributed by atoms with van der Waals surface area (Å²) in [6, 6.07) is 10.6. The second-order valence-electron chi connectivity index (χ2n) is 8.23. The smallest absolute Gasteiger partial charge is 0.254 e. The number of carbonyl (C=O) groups is 1. The minimum Gasteiger partial charge on any atom is -0.361 e. The zero-order valence-electron chi connectivity index (χ0n) is 17.4. The highest BCUT2D eigenvalue weighted by atomic mass is 79.9. The Labute approximate surface area is 181 Å². The van der Waals surface area contributed by atoms with Gasteiger partial charge in [0.1, 0.15) is 0 Å². The minimum absolute atomic E-state index is 0.190. The van der Waals surface area contributed by atoms with Crippen molar-refractivity contribution in [1.29, 1.82) is 0 Å². The normalized spacial score (nSPS) is 13.7. The number of amides is 1. The first-order valence-electron chi connectivity index (χ1n) is 10.3. The summed E-state index contributed by atoms with van der Waals surface area (Å²) in [4.78, 5) is 20.4. The van der Waals surface area contributed by atoms with Gasteiger partial charge in [0.15, 0.2) is 0 Å². The van der Waals surface area contributed by atoms with E-state index in [1.807, 2.05) is 4.90 Å². The van der Waals surface area contributed by atoms with Gasteiger partial charge < -0.3 is 14.8 Å². The number of rotatable bonds is 7. The summed E-state index contributed by atoms with van der Waals surface area (Å²) < 4.78 is 1.11. The Morgan fingerprint density at radius 2 is 1.93 bits per heavy atom. The molecule has 0 bridgehead atoms. The third-order valence-corrected chi connectivity index (χ3v) is 6.55. The highest BCUT2D eigenvalue weighted by Gasteiger charge is 2.27. The molecule has 0 atom stereocenters. The monoisotopic (exact) mass is 453 g/mol. The molecule has 1 aliphatic rings. The number of nitrogens with zero attached hydrogens (tertiary/aromatic N) is 2. The molecular weight excluding hydrogens is 426 g/mol. The quantitative estimate of drug-likeness (QED) is 0.542. The van der Waals surface area contributed by atoms with Gasteiger partial charge in [0.25, 0.3) is 5.91 Å². The van der Waals surface area contributed by atoms with Crippen LogP contribution < -0.4 is 0 Å². The second-order valence-corrected chi connectivity index (χ2v) is 9.15. The van der Waals surface area contributed by atoms with E-state index < -0.39 is 0 Å². The molecule has 0 saturated carbocycles. The standard InChI is InChI=1S/C24H28BrN3O/c1-16-11-19-15-28(24(29)22(19)12-17(16)2)9-4-8-27(3)10-7-18-14-26-23-6-5-20(25)13-21(18)23/h5-6,11-14,26H,4,7-10,15H2,1-3H3. The Balaban J connectivity index is 1.27. The summed E-state index contributed by atoms with van der Waals surface area (Å²) in [7, 11) is 2.16. The summed E-state index contributed by atoms with van der Waals surface area (Å²) in [5, 5.41) is 1.29. The summed E-state index contributed by atoms with van der Waals surface area (Å²) >= 11 is 3.56. The number of likely N-dealkylation sites (N-methyl/N-ethyl adjacent to an activating group) is 1. The van der Waals surface area contributed by atoms with E-state index in [1.165, 1.54) is 33.2 Å². The van der Waals surface area contributed by atoms with Gasteiger partial charge in [0.2, 0.25) is 0 Å². The van der Waals surface area contributed by atoms with Crippen molar-refractivity contribution in [2.75, 3.05) is 26.7 Å². The van der Waals surface area contributed by atoms with Crippen LogP contribution >= 0.6 is 15.9 Å². The topological polar surface area (TPSA) is 39.3 Å². The summed E-state index contributed by atoms with van der Waals surface area (Å²) in [5.74, 6) is 0.190. The van der Waals surface area contributed by atoms with Crippen LogP contribution in [0.25, 0.3) is 10.9 Å². The van der Waals surface area contributed by atoms with Gasteiger partial charge in [0, 0.05) is 46.8 Å². The average molecular weight is 454 g/mol. The van der Waals surface area contributed by atoms with Gasteiger partial charge in [-0.15, -0.1) is 0 Å². The molecule has 152 valence electrons. The van der Waals surface area contributed by atoms with Gasteiger partial charge in [-0.05, 0) is 86.8 Å². The molecule has 5 heteroatoms. The maximum absolute atomic E-state index is 12.7. The molecule has 2 heterocycles. The maximum Gasteiger partial charge on any atom is 0.254 e. The zero-order valence-corrected chi connectivity index (χ0v) is 19.0. The fraction of sp³-hybridized carbons (Fsp3) is 0.375. The average Bonchev–Trinajstić information content (AvgIpc) is 3.22. The van der Waals surface area contributed by atoms with Crippen molar-refractivity contribution in [2.45, 2.75) is 33.2 Å². The number of aromatic nitrogens is 1. The summed E-state index contributed by atoms with van der Waals surface area (Å²) in [6.45, 7) is 7.76. The molecule has 29 heavy (non-hydrogen) atoms. The summed E-state index contributed by atoms with van der Waals surface area (Å²) in [6.07, 6.45) is 4.13. The Kier molecular flexibility index (Phi) is 5.79. The fourth-order valence-corrected chi connectivity index (χ4v) is 4.51. The van der Waals surface area contributed by atoms with Crippen LogP contribution in [0.5, 0.6) is 0 Å². The molecule has 0 radical (unpaired) electrons. The molecule has 0 unspecified atom stereocenters. The van der Waals surface area contributed by atoms with Crippen molar-refractivity contribution in [3.8, 4) is 0 Å². The molecule has 0 fully saturated rings. The van der Waals surface area contributed by atoms with Crippen molar-refractivity contribution in [1.82, 2.24) is 14.8 Å². The van der Waals surface area contributed by atoms with Gasteiger partial charge in [-0.1, -0.05) is 22.0 Å². The summed E-state index contributed by atoms with van der Waals surface area (Å²) in [5.41, 5.74) is 7.07. The van der Waals surface area contributed by atoms with Crippen LogP contribution in [0.4, 0.5) is 0 Å². The Hall–Kier alpha value is -2.11. The van der Waals surface area contributed by atoms with E-state index in [1.54, 1.807) is 0 Å². The van der Waals surface area contributed by atoms with Gasteiger partial charge in [-0.3, -0.25) is 4.79 Å². The molecule has 4 rings (SSSR count). The van der Waals surface area contributed by atoms with E-state index in [2.05, 4.69) is 83.2 Å². The molecule has 2 aromatic carbocycles. The SMILES string of the molecule is Cc1cc2c(cc1C)C(=O)N(CCCN(C)CCc1c[nH]c3ccc(Br)cc13)C2. The first-order chi connectivity index (χ1) is 13.9. The molecule has 0 saturated heterocycles. The van der Waals surface area contributed by atoms with Gasteiger partial charge in [-0.25, -0.2) is 0 Å². The second kappa shape index (κ2) is 8.33. The van der Waals surface area contributed by atoms with Crippen LogP contribution in [0.1, 0.15) is 39.0 Å². The molecule has 1 aliphatic heterocycles. The van der Waals surface area contributed by atoms with Gasteiger partial charge in [0.05, 0.1) is 0 Å². The van der Waals surface area contributed by atoms with Crippen LogP contribution in [0.3, 0.4) is 0 Å². The zero-order chi connectivity index (χ0) is 20.5. The predicted molar refractivity (Wildman–Crippen MR) is 122 cm³/mol. The predicted octanol–water partition coefficient (Wildman–Crippen LogP) is 5.07. The van der Waals surface area contributed by atoms with Crippen molar-refractivity contribution in [2.24, 2.45) is 0 Å². The third-order valence-electron chi connectivity index (χ3n) is 6.06. The Morgan fingerprint density at radius 1 is 1.14 bits per heavy atom. The molecule has 4 nitrogen and oxygen atoms in total. The van der Waals surface area contributed by atoms with Crippen LogP contribution in [-0.4, -0.2) is 47.4 Å². The van der Waals surface area contributed by atoms with E-state index in [0.717, 1.165) is 49.1 Å². The number of halogens is 1. The lowest BCUT2D eigenvalue weighted by molar-refractivity contribution is 0.0772. The van der Waals surface area contributed by atoms with Crippen LogP contribution in [0.15, 0.2) is 41.0 Å². The Bertz CT molecular complexity index is 1060. The first-order valence-corrected chi connectivity index (χ1v) is 11.0. The largest absolute Gasteiger partial charge is 0.361 e. The van der Waals surface area contributed by atoms with Crippen molar-refractivity contribution < 1.29 is 4.79 Å². The van der Waals surface area contributed by atoms with Gasteiger partial charge >= 0.3 is 0 Å². The van der Waals surface area contributed by atoms with Gasteiger partial charge in [-0.2, -0.15) is 0 Å². The number of carbonyl (C=O) groups excluding carboxylic acids is 1. The number of hydrogen-bond acceptors (Lipinski definition) is 2. The van der Waals surface area contributed by atoms with Crippen LogP contribution in [-0.2, 0) is 13.0 Å². The lowest BCUT2D eigenvalue weighted by Crippen LogP contribution is -2.29. The number of aryl methyl sites for hydroxylation is 2. The van der Waals surface area contributed by atoms with E-state index in [0.29, 0.717) is 0 Å². The molecule has 1 aromatic heterocycles. The highest BCUT2D eigenvalue weighted by molar-refractivity contribution is 9.10. The van der Waals surface area contributed by atoms with E-state index in [4.69, 9.17) is 0 Å². The lowest BCUT2D eigenvalue weighted by Gasteiger charge is -2.20. The molecular formula is C24H28BrN3O. The van der Waals surface area contributed by atoms with Crippen molar-refractivity contribution in [3.63, 3.8) is 0 Å². The fourth-order valence-electron chi connectivity index (χ4n) is 4.15. The number of aromatic amines is 1. The van der Waals surface area contributed by atoms with Crippen molar-refractivity contribution >= 4 is 32.7 Å². The Morgan fingerprint density at radius 3 is 2.76 bits per heavy atom. The third kappa shape index (κ3) is 4.26. The van der Waals surface area contributed by atoms with E-state index >= 15 is 0 Å². The number of nitrogens with one attached hydrogen (secondary N) is 1. The number of fused-ring (bicyclic) bond motifs is 2. The van der Waals surface area contributed by atoms with Crippen LogP contribution in [0.2, 0.25) is 0 Å². The minimum atomic E-state index is 0.190. The maximum atomic E-state index is 12.7. The van der Waals surface area contributed by atoms with Crippen molar-refractivity contribution in [3.05, 3.63) is 68.8 Å². The van der Waals surface area contributed by atoms with E-state index in [-0.39, 0.29) is 5.91 Å². The number of hydrogen-bond donors (Lipinski definition) is 1. The molecule has 1 amide bonds. The first kappa shape index (κ1) is 20.2. The highest BCUT2D eigenvalue weighted by Crippen LogP contribution is 2.26. The number of H-pyrrole nitrogens is 1. The lowest BCUT2D eigenvalue weighted by atomic mass is 10.0. The molecule has 0 aliphatic carbocycles. The molecule has 3 aromatic rings. The molecule has 1 N–H and O–H groups in total. The van der Waals surface area contributed by atoms with Crippen LogP contribution in [0, 0.1) is 13.8 Å². The number of benzene rings is 2.